The second kappa shape index (κ2) is 7.83. The van der Waals surface area contributed by atoms with Gasteiger partial charge >= 0.3 is 0 Å². The Bertz CT molecular complexity index is 1260. The molecule has 0 saturated carbocycles. The smallest absolute Gasteiger partial charge is 0.262 e. The van der Waals surface area contributed by atoms with Crippen molar-refractivity contribution in [3.63, 3.8) is 0 Å². The third-order valence-corrected chi connectivity index (χ3v) is 4.77. The fraction of sp³-hybridized carbons (Fsp3) is 0.0870. The topological polar surface area (TPSA) is 94.0 Å². The van der Waals surface area contributed by atoms with Gasteiger partial charge in [0.25, 0.3) is 11.8 Å². The number of aromatic nitrogens is 2. The van der Waals surface area contributed by atoms with E-state index in [2.05, 4.69) is 15.6 Å². The largest absolute Gasteiger partial charge is 0.487 e. The summed E-state index contributed by atoms with van der Waals surface area (Å²) in [6.07, 6.45) is 3.85. The highest BCUT2D eigenvalue weighted by atomic mass is 16.5. The summed E-state index contributed by atoms with van der Waals surface area (Å²) in [5.74, 6) is 0.578. The van der Waals surface area contributed by atoms with Gasteiger partial charge in [0.05, 0.1) is 11.4 Å². The summed E-state index contributed by atoms with van der Waals surface area (Å²) >= 11 is 0. The molecule has 5 rings (SSSR count). The van der Waals surface area contributed by atoms with Crippen LogP contribution in [0.4, 0.5) is 11.4 Å². The highest BCUT2D eigenvalue weighted by Crippen LogP contribution is 2.29. The van der Waals surface area contributed by atoms with E-state index in [1.807, 2.05) is 41.1 Å². The number of ether oxygens (including phenoxy) is 2. The Morgan fingerprint density at radius 1 is 1.16 bits per heavy atom. The molecule has 2 aromatic carbocycles. The van der Waals surface area contributed by atoms with Crippen molar-refractivity contribution < 1.29 is 19.1 Å². The Hall–Kier alpha value is -4.33. The number of anilines is 2. The number of rotatable bonds is 5. The van der Waals surface area contributed by atoms with E-state index in [1.165, 1.54) is 0 Å². The minimum absolute atomic E-state index is 0.0657. The normalized spacial score (nSPS) is 12.6. The molecule has 0 aliphatic carbocycles. The van der Waals surface area contributed by atoms with Crippen LogP contribution >= 0.6 is 0 Å². The van der Waals surface area contributed by atoms with E-state index in [0.717, 1.165) is 11.3 Å². The lowest BCUT2D eigenvalue weighted by atomic mass is 10.1. The van der Waals surface area contributed by atoms with Gasteiger partial charge < -0.3 is 24.5 Å². The molecular weight excluding hydrogens is 396 g/mol. The fourth-order valence-corrected chi connectivity index (χ4v) is 3.30. The van der Waals surface area contributed by atoms with Gasteiger partial charge in [0.2, 0.25) is 0 Å². The highest BCUT2D eigenvalue weighted by molar-refractivity contribution is 6.05. The van der Waals surface area contributed by atoms with Crippen molar-refractivity contribution in [2.75, 3.05) is 17.2 Å². The molecule has 0 radical (unpaired) electrons. The van der Waals surface area contributed by atoms with Crippen LogP contribution in [-0.4, -0.2) is 27.8 Å². The van der Waals surface area contributed by atoms with E-state index >= 15 is 0 Å². The second-order valence-electron chi connectivity index (χ2n) is 7.02. The Morgan fingerprint density at radius 2 is 2.10 bits per heavy atom. The monoisotopic (exact) mass is 414 g/mol. The van der Waals surface area contributed by atoms with Gasteiger partial charge in [-0.15, -0.1) is 0 Å². The van der Waals surface area contributed by atoms with Crippen molar-refractivity contribution in [3.05, 3.63) is 84.3 Å². The number of amides is 2. The van der Waals surface area contributed by atoms with Crippen LogP contribution in [-0.2, 0) is 11.4 Å². The molecule has 0 fully saturated rings. The Kier molecular flexibility index (Phi) is 4.72. The van der Waals surface area contributed by atoms with Crippen LogP contribution in [0.5, 0.6) is 11.5 Å². The van der Waals surface area contributed by atoms with Crippen molar-refractivity contribution >= 4 is 28.8 Å². The number of hydrogen-bond donors (Lipinski definition) is 2. The quantitative estimate of drug-likeness (QED) is 0.521. The molecule has 0 saturated heterocycles. The molecule has 1 aliphatic rings. The number of carbonyl (C=O) groups is 2. The van der Waals surface area contributed by atoms with Crippen molar-refractivity contribution in [1.82, 2.24) is 9.38 Å². The van der Waals surface area contributed by atoms with E-state index in [9.17, 15) is 9.59 Å². The zero-order valence-corrected chi connectivity index (χ0v) is 16.4. The third kappa shape index (κ3) is 4.04. The van der Waals surface area contributed by atoms with E-state index in [-0.39, 0.29) is 18.4 Å². The molecule has 2 N–H and O–H groups in total. The lowest BCUT2D eigenvalue weighted by molar-refractivity contribution is -0.118. The SMILES string of the molecule is O=C1COc2cc(C(=O)Nc3cccc(OCc4cn5ccccc5n4)c3)ccc2N1. The Morgan fingerprint density at radius 3 is 3.00 bits per heavy atom. The number of nitrogens with zero attached hydrogens (tertiary/aromatic N) is 2. The molecule has 2 aromatic heterocycles. The van der Waals surface area contributed by atoms with Crippen LogP contribution in [0.2, 0.25) is 0 Å². The zero-order valence-electron chi connectivity index (χ0n) is 16.4. The summed E-state index contributed by atoms with van der Waals surface area (Å²) in [6, 6.07) is 17.9. The van der Waals surface area contributed by atoms with Crippen molar-refractivity contribution in [1.29, 1.82) is 0 Å². The van der Waals surface area contributed by atoms with Gasteiger partial charge in [0.1, 0.15) is 23.8 Å². The maximum atomic E-state index is 12.6. The summed E-state index contributed by atoms with van der Waals surface area (Å²) in [5, 5.41) is 5.55. The lowest BCUT2D eigenvalue weighted by Crippen LogP contribution is -2.25. The van der Waals surface area contributed by atoms with Crippen LogP contribution in [0.25, 0.3) is 5.65 Å². The van der Waals surface area contributed by atoms with Gasteiger partial charge in [0.15, 0.2) is 6.61 Å². The van der Waals surface area contributed by atoms with Crippen LogP contribution in [0.15, 0.2) is 73.1 Å². The van der Waals surface area contributed by atoms with Crippen molar-refractivity contribution in [2.45, 2.75) is 6.61 Å². The standard InChI is InChI=1S/C23H18N4O4/c28-22-14-31-20-10-15(7-8-19(20)26-22)23(29)25-16-4-3-5-18(11-16)30-13-17-12-27-9-2-1-6-21(27)24-17/h1-12H,13-14H2,(H,25,29)(H,26,28). The molecule has 4 aromatic rings. The highest BCUT2D eigenvalue weighted by Gasteiger charge is 2.18. The number of fused-ring (bicyclic) bond motifs is 2. The average molecular weight is 414 g/mol. The number of pyridine rings is 1. The first kappa shape index (κ1) is 18.7. The maximum Gasteiger partial charge on any atom is 0.262 e. The molecule has 3 heterocycles. The molecule has 0 unspecified atom stereocenters. The molecule has 0 atom stereocenters. The first-order chi connectivity index (χ1) is 15.1. The number of benzene rings is 2. The van der Waals surface area contributed by atoms with Crippen LogP contribution < -0.4 is 20.1 Å². The maximum absolute atomic E-state index is 12.6. The fourth-order valence-electron chi connectivity index (χ4n) is 3.30. The summed E-state index contributed by atoms with van der Waals surface area (Å²) in [7, 11) is 0. The predicted molar refractivity (Wildman–Crippen MR) is 114 cm³/mol. The van der Waals surface area contributed by atoms with Gasteiger partial charge in [-0.25, -0.2) is 4.98 Å². The molecule has 154 valence electrons. The Labute approximate surface area is 177 Å². The van der Waals surface area contributed by atoms with Crippen LogP contribution in [0.3, 0.4) is 0 Å². The second-order valence-corrected chi connectivity index (χ2v) is 7.02. The number of hydrogen-bond acceptors (Lipinski definition) is 5. The predicted octanol–water partition coefficient (Wildman–Crippen LogP) is 3.50. The molecule has 1 aliphatic heterocycles. The lowest BCUT2D eigenvalue weighted by Gasteiger charge is -2.18. The van der Waals surface area contributed by atoms with E-state index in [0.29, 0.717) is 35.0 Å². The van der Waals surface area contributed by atoms with Gasteiger partial charge in [-0.1, -0.05) is 12.1 Å². The number of carbonyl (C=O) groups excluding carboxylic acids is 2. The van der Waals surface area contributed by atoms with E-state index in [1.54, 1.807) is 36.4 Å². The van der Waals surface area contributed by atoms with Gasteiger partial charge in [-0.2, -0.15) is 0 Å². The third-order valence-electron chi connectivity index (χ3n) is 4.77. The summed E-state index contributed by atoms with van der Waals surface area (Å²) in [5.41, 5.74) is 3.24. The first-order valence-electron chi connectivity index (χ1n) is 9.67. The Balaban J connectivity index is 1.25. The molecule has 0 bridgehead atoms. The minimum atomic E-state index is -0.291. The molecule has 0 spiro atoms. The van der Waals surface area contributed by atoms with Crippen molar-refractivity contribution in [2.24, 2.45) is 0 Å². The molecule has 8 nitrogen and oxygen atoms in total. The first-order valence-corrected chi connectivity index (χ1v) is 9.67. The van der Waals surface area contributed by atoms with Crippen LogP contribution in [0.1, 0.15) is 16.1 Å². The van der Waals surface area contributed by atoms with E-state index < -0.39 is 0 Å². The number of nitrogens with one attached hydrogen (secondary N) is 2. The summed E-state index contributed by atoms with van der Waals surface area (Å²) in [6.45, 7) is 0.247. The molecule has 2 amide bonds. The molecule has 8 heteroatoms. The van der Waals surface area contributed by atoms with E-state index in [4.69, 9.17) is 9.47 Å². The zero-order chi connectivity index (χ0) is 21.2. The van der Waals surface area contributed by atoms with Gasteiger partial charge in [-0.3, -0.25) is 9.59 Å². The van der Waals surface area contributed by atoms with Gasteiger partial charge in [0, 0.05) is 29.7 Å². The van der Waals surface area contributed by atoms with Gasteiger partial charge in [-0.05, 0) is 42.5 Å². The molecular formula is C23H18N4O4. The summed E-state index contributed by atoms with van der Waals surface area (Å²) < 4.78 is 13.2. The summed E-state index contributed by atoms with van der Waals surface area (Å²) in [4.78, 5) is 28.5. The molecule has 31 heavy (non-hydrogen) atoms. The minimum Gasteiger partial charge on any atom is -0.487 e. The van der Waals surface area contributed by atoms with Crippen LogP contribution in [0, 0.1) is 0 Å². The van der Waals surface area contributed by atoms with Crippen molar-refractivity contribution in [3.8, 4) is 11.5 Å². The number of imidazole rings is 1. The average Bonchev–Trinajstić information content (AvgIpc) is 3.20.